The molecule has 0 bridgehead atoms. The van der Waals surface area contributed by atoms with Crippen molar-refractivity contribution in [2.75, 3.05) is 44.4 Å². The van der Waals surface area contributed by atoms with E-state index < -0.39 is 28.9 Å². The third kappa shape index (κ3) is 7.69. The van der Waals surface area contributed by atoms with Gasteiger partial charge in [-0.05, 0) is 61.3 Å². The quantitative estimate of drug-likeness (QED) is 0.376. The van der Waals surface area contributed by atoms with E-state index in [1.165, 1.54) is 6.92 Å². The molecule has 4 atom stereocenters. The van der Waals surface area contributed by atoms with Crippen LogP contribution in [-0.4, -0.2) is 98.7 Å². The predicted octanol–water partition coefficient (Wildman–Crippen LogP) is 3.12. The molecule has 2 rings (SSSR count). The van der Waals surface area contributed by atoms with E-state index in [4.69, 9.17) is 14.2 Å². The average molecular weight is 543 g/mol. The predicted molar refractivity (Wildman–Crippen MR) is 145 cm³/mol. The molecule has 0 radical (unpaired) electrons. The first kappa shape index (κ1) is 31.6. The summed E-state index contributed by atoms with van der Waals surface area (Å²) in [6.45, 7) is 19.5. The van der Waals surface area contributed by atoms with Crippen molar-refractivity contribution >= 4 is 29.1 Å². The van der Waals surface area contributed by atoms with E-state index in [0.717, 1.165) is 11.7 Å². The summed E-state index contributed by atoms with van der Waals surface area (Å²) < 4.78 is 26.0. The lowest BCUT2D eigenvalue weighted by Gasteiger charge is -2.49. The summed E-state index contributed by atoms with van der Waals surface area (Å²) in [4.78, 5) is 30.1. The number of anilines is 1. The Kier molecular flexibility index (Phi) is 11.0. The summed E-state index contributed by atoms with van der Waals surface area (Å²) >= 11 is 1.07. The third-order valence-electron chi connectivity index (χ3n) is 7.41. The first-order chi connectivity index (χ1) is 17.2. The van der Waals surface area contributed by atoms with Crippen molar-refractivity contribution in [2.24, 2.45) is 0 Å². The van der Waals surface area contributed by atoms with Crippen LogP contribution >= 0.6 is 11.7 Å². The summed E-state index contributed by atoms with van der Waals surface area (Å²) in [6.07, 6.45) is -0.703. The van der Waals surface area contributed by atoms with Gasteiger partial charge in [0.05, 0.1) is 30.5 Å². The Balaban J connectivity index is 2.16. The number of ketones is 2. The highest BCUT2D eigenvalue weighted by Crippen LogP contribution is 2.33. The van der Waals surface area contributed by atoms with Crippen molar-refractivity contribution < 1.29 is 28.9 Å². The number of nitrogens with zero attached hydrogens (tertiary/aromatic N) is 4. The van der Waals surface area contributed by atoms with Crippen molar-refractivity contribution in [3.05, 3.63) is 0 Å². The normalized spacial score (nSPS) is 19.7. The first-order valence-corrected chi connectivity index (χ1v) is 13.9. The molecule has 2 unspecified atom stereocenters. The van der Waals surface area contributed by atoms with Crippen molar-refractivity contribution in [3.63, 3.8) is 0 Å². The summed E-state index contributed by atoms with van der Waals surface area (Å²) in [7, 11) is 0. The smallest absolute Gasteiger partial charge is 0.270 e. The maximum Gasteiger partial charge on any atom is 0.270 e. The Bertz CT molecular complexity index is 900. The van der Waals surface area contributed by atoms with Crippen LogP contribution < -0.4 is 9.64 Å². The van der Waals surface area contributed by atoms with Gasteiger partial charge in [0, 0.05) is 25.2 Å². The second-order valence-corrected chi connectivity index (χ2v) is 11.7. The maximum atomic E-state index is 13.8. The second-order valence-electron chi connectivity index (χ2n) is 11.1. The highest BCUT2D eigenvalue weighted by Gasteiger charge is 2.47. The molecular formula is C26H46N4O6S. The minimum absolute atomic E-state index is 0.00755. The van der Waals surface area contributed by atoms with Crippen LogP contribution in [-0.2, 0) is 19.1 Å². The molecule has 1 aliphatic heterocycles. The zero-order valence-corrected chi connectivity index (χ0v) is 24.8. The lowest BCUT2D eigenvalue weighted by Crippen LogP contribution is -2.64. The molecule has 11 heteroatoms. The van der Waals surface area contributed by atoms with Crippen LogP contribution in [0.1, 0.15) is 75.2 Å². The van der Waals surface area contributed by atoms with Gasteiger partial charge in [-0.3, -0.25) is 14.5 Å². The minimum Gasteiger partial charge on any atom is -0.472 e. The summed E-state index contributed by atoms with van der Waals surface area (Å²) in [6, 6.07) is 0. The van der Waals surface area contributed by atoms with Crippen molar-refractivity contribution in [1.82, 2.24) is 13.6 Å². The van der Waals surface area contributed by atoms with Gasteiger partial charge in [0.25, 0.3) is 5.88 Å². The fourth-order valence-corrected chi connectivity index (χ4v) is 5.20. The standard InChI is InChI=1S/C26H46N4O6S/c1-10-25(8,21(33)18(3)36-26(9,11-2)19(4)31)30(24(5,6)7)16-20(32)17-35-23-22(27-37-28-23)29-12-14-34-15-13-29/h18,20,32H,10-17H2,1-9H3/t18-,20+,25?,26?/m1/s1. The highest BCUT2D eigenvalue weighted by atomic mass is 32.1. The van der Waals surface area contributed by atoms with Crippen LogP contribution in [0.5, 0.6) is 5.88 Å². The molecule has 1 aromatic heterocycles. The van der Waals surface area contributed by atoms with Gasteiger partial charge in [-0.1, -0.05) is 13.8 Å². The van der Waals surface area contributed by atoms with E-state index in [-0.39, 0.29) is 24.7 Å². The number of carbonyl (C=O) groups is 2. The van der Waals surface area contributed by atoms with E-state index >= 15 is 0 Å². The fraction of sp³-hybridized carbons (Fsp3) is 0.846. The fourth-order valence-electron chi connectivity index (χ4n) is 4.68. The van der Waals surface area contributed by atoms with Gasteiger partial charge in [-0.25, -0.2) is 0 Å². The van der Waals surface area contributed by atoms with Crippen molar-refractivity contribution in [1.29, 1.82) is 0 Å². The van der Waals surface area contributed by atoms with Crippen LogP contribution in [0.3, 0.4) is 0 Å². The molecule has 0 aliphatic carbocycles. The number of β-amino-alcohol motifs (C(OH)–C–C–N with tert-alkyl or cyclic N) is 1. The lowest BCUT2D eigenvalue weighted by atomic mass is 9.83. The molecule has 10 nitrogen and oxygen atoms in total. The summed E-state index contributed by atoms with van der Waals surface area (Å²) in [5.41, 5.74) is -2.41. The Morgan fingerprint density at radius 3 is 2.27 bits per heavy atom. The lowest BCUT2D eigenvalue weighted by molar-refractivity contribution is -0.164. The first-order valence-electron chi connectivity index (χ1n) is 13.2. The van der Waals surface area contributed by atoms with Gasteiger partial charge in [0.2, 0.25) is 5.82 Å². The molecule has 1 fully saturated rings. The number of ether oxygens (including phenoxy) is 3. The molecular weight excluding hydrogens is 496 g/mol. The van der Waals surface area contributed by atoms with E-state index in [1.807, 2.05) is 46.4 Å². The number of hydrogen-bond acceptors (Lipinski definition) is 11. The number of aliphatic hydroxyl groups is 1. The van der Waals surface area contributed by atoms with Crippen LogP contribution in [0.4, 0.5) is 5.82 Å². The number of aliphatic hydroxyl groups excluding tert-OH is 1. The zero-order chi connectivity index (χ0) is 28.0. The molecule has 1 aliphatic rings. The molecule has 0 aromatic carbocycles. The molecule has 37 heavy (non-hydrogen) atoms. The second kappa shape index (κ2) is 12.9. The van der Waals surface area contributed by atoms with Crippen LogP contribution in [0, 0.1) is 0 Å². The van der Waals surface area contributed by atoms with Gasteiger partial charge in [-0.2, -0.15) is 4.37 Å². The molecule has 1 aromatic rings. The maximum absolute atomic E-state index is 13.8. The van der Waals surface area contributed by atoms with E-state index in [2.05, 4.69) is 13.6 Å². The Morgan fingerprint density at radius 1 is 1.14 bits per heavy atom. The largest absolute Gasteiger partial charge is 0.472 e. The number of rotatable bonds is 14. The Hall–Kier alpha value is -1.66. The van der Waals surface area contributed by atoms with E-state index in [9.17, 15) is 14.7 Å². The van der Waals surface area contributed by atoms with Crippen LogP contribution in [0.25, 0.3) is 0 Å². The van der Waals surface area contributed by atoms with Gasteiger partial charge in [0.1, 0.15) is 24.4 Å². The molecule has 0 spiro atoms. The molecule has 1 saturated heterocycles. The van der Waals surface area contributed by atoms with Gasteiger partial charge >= 0.3 is 0 Å². The van der Waals surface area contributed by atoms with Gasteiger partial charge in [-0.15, -0.1) is 4.37 Å². The SMILES string of the molecule is CCC(C)(O[C@H](C)C(=O)C(C)(CC)N(C[C@H](O)COc1nsnc1N1CCOCC1)C(C)(C)C)C(C)=O. The molecule has 1 N–H and O–H groups in total. The Morgan fingerprint density at radius 2 is 1.76 bits per heavy atom. The minimum atomic E-state index is -1.02. The topological polar surface area (TPSA) is 114 Å². The summed E-state index contributed by atoms with van der Waals surface area (Å²) in [5, 5.41) is 11.0. The molecule has 212 valence electrons. The van der Waals surface area contributed by atoms with Crippen molar-refractivity contribution in [3.8, 4) is 5.88 Å². The number of hydrogen-bond donors (Lipinski definition) is 1. The summed E-state index contributed by atoms with van der Waals surface area (Å²) in [5.74, 6) is 0.822. The highest BCUT2D eigenvalue weighted by molar-refractivity contribution is 6.99. The average Bonchev–Trinajstić information content (AvgIpc) is 3.33. The molecule has 2 heterocycles. The van der Waals surface area contributed by atoms with Crippen LogP contribution in [0.2, 0.25) is 0 Å². The number of carbonyl (C=O) groups excluding carboxylic acids is 2. The number of morpholine rings is 1. The van der Waals surface area contributed by atoms with Gasteiger partial charge < -0.3 is 24.2 Å². The Labute approximate surface area is 226 Å². The van der Waals surface area contributed by atoms with Crippen molar-refractivity contribution in [2.45, 2.75) is 104 Å². The third-order valence-corrected chi connectivity index (χ3v) is 7.91. The van der Waals surface area contributed by atoms with Gasteiger partial charge in [0.15, 0.2) is 11.6 Å². The van der Waals surface area contributed by atoms with E-state index in [0.29, 0.717) is 50.8 Å². The zero-order valence-electron chi connectivity index (χ0n) is 24.0. The van der Waals surface area contributed by atoms with E-state index in [1.54, 1.807) is 13.8 Å². The monoisotopic (exact) mass is 542 g/mol. The molecule has 0 saturated carbocycles. The molecule has 0 amide bonds. The van der Waals surface area contributed by atoms with Crippen LogP contribution in [0.15, 0.2) is 0 Å². The number of Topliss-reactive ketones (excluding diaryl/α,β-unsaturated/α-hetero) is 2. The number of aromatic nitrogens is 2.